The molecule has 0 spiro atoms. The number of nitrogens with two attached hydrogens (primary N) is 1. The van der Waals surface area contributed by atoms with Gasteiger partial charge in [-0.1, -0.05) is 109 Å². The standard InChI is InChI=1S/C18H15P.C11H12N2O2.CHF3O3S.Au/c1-4-10-16(11-5-1)19(17-12-6-2-7-13-17)18-14-8-3-9-15-18;1-15-11(14)10(12)13-7-6-8-4-2-3-5-9(8)13;2-1(3,4)8(5,6)7;/h1-15H;2-7,10H,12H2,1H3;(H,5,6,7);/q;;;+1/p-1/t;10-;;/m.0../s1. The van der Waals surface area contributed by atoms with E-state index in [0.29, 0.717) is 0 Å². The van der Waals surface area contributed by atoms with Gasteiger partial charge in [0.1, 0.15) is 0 Å². The van der Waals surface area contributed by atoms with Crippen LogP contribution in [0.4, 0.5) is 13.2 Å². The summed E-state index contributed by atoms with van der Waals surface area (Å²) in [6.07, 6.45) is 1.00. The zero-order valence-corrected chi connectivity index (χ0v) is 26.4. The molecule has 7 nitrogen and oxygen atoms in total. The van der Waals surface area contributed by atoms with Crippen molar-refractivity contribution in [2.75, 3.05) is 7.11 Å². The summed E-state index contributed by atoms with van der Waals surface area (Å²) in [7, 11) is -5.21. The third-order valence-electron chi connectivity index (χ3n) is 5.70. The third-order valence-corrected chi connectivity index (χ3v) is 8.71. The molecule has 0 bridgehead atoms. The van der Waals surface area contributed by atoms with Crippen molar-refractivity contribution >= 4 is 50.8 Å². The van der Waals surface area contributed by atoms with E-state index in [4.69, 9.17) is 18.7 Å². The number of carbonyl (C=O) groups is 1. The number of alkyl halides is 3. The molecule has 0 fully saturated rings. The maximum Gasteiger partial charge on any atom is 1.00 e. The number of halogens is 3. The first kappa shape index (κ1) is 35.9. The summed E-state index contributed by atoms with van der Waals surface area (Å²) in [4.78, 5) is 11.3. The first-order valence-corrected chi connectivity index (χ1v) is 15.1. The van der Waals surface area contributed by atoms with Crippen LogP contribution in [0.1, 0.15) is 6.17 Å². The van der Waals surface area contributed by atoms with Gasteiger partial charge in [-0.15, -0.1) is 0 Å². The van der Waals surface area contributed by atoms with Crippen molar-refractivity contribution in [3.05, 3.63) is 128 Å². The fraction of sp³-hybridized carbons (Fsp3) is 0.100. The number of methoxy groups -OCH3 is 1. The van der Waals surface area contributed by atoms with Crippen molar-refractivity contribution in [1.82, 2.24) is 4.57 Å². The number of para-hydroxylation sites is 1. The van der Waals surface area contributed by atoms with Gasteiger partial charge in [0, 0.05) is 11.7 Å². The molecular weight excluding hydrogens is 785 g/mol. The Hall–Kier alpha value is -3.28. The number of rotatable bonds is 5. The van der Waals surface area contributed by atoms with Gasteiger partial charge in [-0.25, -0.2) is 13.2 Å². The van der Waals surface area contributed by atoms with Crippen molar-refractivity contribution in [3.63, 3.8) is 0 Å². The zero-order chi connectivity index (χ0) is 30.8. The Labute approximate surface area is 264 Å². The summed E-state index contributed by atoms with van der Waals surface area (Å²) in [5.41, 5.74) is 1.03. The first-order chi connectivity index (χ1) is 19.9. The van der Waals surface area contributed by atoms with Gasteiger partial charge in [0.15, 0.2) is 16.3 Å². The van der Waals surface area contributed by atoms with Gasteiger partial charge in [-0.2, -0.15) is 13.2 Å². The number of fused-ring (bicyclic) bond motifs is 1. The van der Waals surface area contributed by atoms with E-state index in [1.165, 1.54) is 23.0 Å². The molecule has 0 saturated carbocycles. The number of esters is 1. The van der Waals surface area contributed by atoms with Crippen LogP contribution < -0.4 is 21.6 Å². The smallest absolute Gasteiger partial charge is 0.741 e. The molecule has 1 atom stereocenters. The van der Waals surface area contributed by atoms with E-state index < -0.39 is 35.7 Å². The molecule has 0 aliphatic heterocycles. The Morgan fingerprint density at radius 2 is 1.16 bits per heavy atom. The number of hydrogen-bond acceptors (Lipinski definition) is 6. The van der Waals surface area contributed by atoms with Crippen molar-refractivity contribution in [3.8, 4) is 0 Å². The Kier molecular flexibility index (Phi) is 13.8. The average molecular weight is 813 g/mol. The van der Waals surface area contributed by atoms with Gasteiger partial charge < -0.3 is 19.6 Å². The number of hydrogen-bond donors (Lipinski definition) is 1. The largest absolute Gasteiger partial charge is 1.00 e. The van der Waals surface area contributed by atoms with E-state index >= 15 is 0 Å². The van der Waals surface area contributed by atoms with E-state index in [9.17, 15) is 18.0 Å². The Bertz CT molecular complexity index is 1580. The van der Waals surface area contributed by atoms with Crippen molar-refractivity contribution in [2.24, 2.45) is 5.73 Å². The van der Waals surface area contributed by atoms with Crippen LogP contribution in [0.2, 0.25) is 0 Å². The van der Waals surface area contributed by atoms with Gasteiger partial charge in [0.25, 0.3) is 0 Å². The monoisotopic (exact) mass is 812 g/mol. The van der Waals surface area contributed by atoms with E-state index in [-0.39, 0.29) is 22.4 Å². The van der Waals surface area contributed by atoms with E-state index in [0.717, 1.165) is 10.9 Å². The van der Waals surface area contributed by atoms with Gasteiger partial charge >= 0.3 is 33.9 Å². The van der Waals surface area contributed by atoms with Gasteiger partial charge in [0.2, 0.25) is 0 Å². The molecule has 0 radical (unpaired) electrons. The van der Waals surface area contributed by atoms with Crippen LogP contribution in [0.25, 0.3) is 10.9 Å². The SMILES string of the molecule is COC(=O)[C@@H](N)n1ccc2ccccc21.O=S(=O)([O-])C(F)(F)F.[Au+].c1ccc(P(c2ccccc2)c2ccccc2)cc1. The third kappa shape index (κ3) is 10.2. The van der Waals surface area contributed by atoms with Crippen molar-refractivity contribution in [1.29, 1.82) is 0 Å². The second kappa shape index (κ2) is 16.5. The maximum atomic E-state index is 11.3. The molecule has 5 rings (SSSR count). The summed E-state index contributed by atoms with van der Waals surface area (Å²) >= 11 is 0. The molecular formula is C30H27AuF3N2O5PS. The van der Waals surface area contributed by atoms with Crippen LogP contribution in [0.5, 0.6) is 0 Å². The van der Waals surface area contributed by atoms with Crippen LogP contribution in [0.15, 0.2) is 128 Å². The van der Waals surface area contributed by atoms with Gasteiger partial charge in [-0.05, 0) is 41.4 Å². The van der Waals surface area contributed by atoms with Crippen LogP contribution in [0, 0.1) is 0 Å². The Morgan fingerprint density at radius 1 is 0.791 bits per heavy atom. The molecule has 43 heavy (non-hydrogen) atoms. The number of benzene rings is 4. The molecule has 1 heterocycles. The number of carbonyl (C=O) groups excluding carboxylic acids is 1. The normalized spacial score (nSPS) is 11.7. The predicted octanol–water partition coefficient (Wildman–Crippen LogP) is 4.77. The topological polar surface area (TPSA) is 114 Å². The summed E-state index contributed by atoms with van der Waals surface area (Å²) in [6, 6.07) is 42.0. The number of nitrogens with zero attached hydrogens (tertiary/aromatic N) is 1. The fourth-order valence-electron chi connectivity index (χ4n) is 3.76. The van der Waals surface area contributed by atoms with E-state index in [2.05, 4.69) is 95.7 Å². The molecule has 13 heteroatoms. The minimum atomic E-state index is -6.09. The number of ether oxygens (including phenoxy) is 1. The molecule has 0 aliphatic rings. The molecule has 1 aromatic heterocycles. The van der Waals surface area contributed by atoms with Gasteiger partial charge in [0.05, 0.1) is 7.11 Å². The van der Waals surface area contributed by atoms with Crippen molar-refractivity contribution in [2.45, 2.75) is 11.7 Å². The summed E-state index contributed by atoms with van der Waals surface area (Å²) in [6.45, 7) is 0. The van der Waals surface area contributed by atoms with Crippen LogP contribution in [-0.2, 0) is 42.0 Å². The summed E-state index contributed by atoms with van der Waals surface area (Å²) in [5.74, 6) is -0.448. The minimum absolute atomic E-state index is 0. The van der Waals surface area contributed by atoms with Crippen LogP contribution in [-0.4, -0.2) is 36.1 Å². The maximum absolute atomic E-state index is 11.3. The molecule has 4 aromatic carbocycles. The van der Waals surface area contributed by atoms with E-state index in [1.54, 1.807) is 10.8 Å². The van der Waals surface area contributed by atoms with Gasteiger partial charge in [-0.3, -0.25) is 0 Å². The van der Waals surface area contributed by atoms with Crippen molar-refractivity contribution < 1.29 is 58.1 Å². The second-order valence-electron chi connectivity index (χ2n) is 8.49. The summed E-state index contributed by atoms with van der Waals surface area (Å²) < 4.78 is 65.2. The summed E-state index contributed by atoms with van der Waals surface area (Å²) in [5, 5.41) is 5.25. The zero-order valence-electron chi connectivity index (χ0n) is 22.6. The number of aromatic nitrogens is 1. The first-order valence-electron chi connectivity index (χ1n) is 12.3. The quantitative estimate of drug-likeness (QED) is 0.0901. The molecule has 230 valence electrons. The Balaban J connectivity index is 0.000000241. The Morgan fingerprint density at radius 3 is 1.53 bits per heavy atom. The van der Waals surface area contributed by atoms with Crippen LogP contribution >= 0.6 is 7.92 Å². The molecule has 2 N–H and O–H groups in total. The van der Waals surface area contributed by atoms with Crippen LogP contribution in [0.3, 0.4) is 0 Å². The van der Waals surface area contributed by atoms with E-state index in [1.807, 2.05) is 30.3 Å². The minimum Gasteiger partial charge on any atom is -0.741 e. The molecule has 0 saturated heterocycles. The molecule has 0 unspecified atom stereocenters. The fourth-order valence-corrected chi connectivity index (χ4v) is 6.07. The predicted molar refractivity (Wildman–Crippen MR) is 158 cm³/mol. The molecule has 0 amide bonds. The molecule has 5 aromatic rings. The second-order valence-corrected chi connectivity index (χ2v) is 12.1. The average Bonchev–Trinajstić information content (AvgIpc) is 3.42. The molecule has 0 aliphatic carbocycles.